The molecule has 0 bridgehead atoms. The van der Waals surface area contributed by atoms with Crippen LogP contribution in [0.5, 0.6) is 0 Å². The van der Waals surface area contributed by atoms with Crippen LogP contribution in [-0.2, 0) is 4.74 Å². The molecule has 0 aromatic carbocycles. The second-order valence-corrected chi connectivity index (χ2v) is 3.66. The molecule has 2 aliphatic rings. The Balaban J connectivity index is 1.73. The Morgan fingerprint density at radius 3 is 2.77 bits per heavy atom. The standard InChI is InChI=1S/C8H15N3O2/c1-11(6-2-9-3-6)5-7-4-10-8(12)13-7/h6-7,9H,2-5H2,1H3,(H,10,12). The Bertz CT molecular complexity index is 206. The van der Waals surface area contributed by atoms with Crippen molar-refractivity contribution in [3.63, 3.8) is 0 Å². The highest BCUT2D eigenvalue weighted by Gasteiger charge is 2.28. The maximum atomic E-state index is 10.7. The lowest BCUT2D eigenvalue weighted by molar-refractivity contribution is 0.0893. The Kier molecular flexibility index (Phi) is 2.37. The molecule has 0 aliphatic carbocycles. The zero-order valence-electron chi connectivity index (χ0n) is 7.75. The van der Waals surface area contributed by atoms with Gasteiger partial charge < -0.3 is 15.4 Å². The van der Waals surface area contributed by atoms with Crippen LogP contribution in [0.25, 0.3) is 0 Å². The first-order valence-electron chi connectivity index (χ1n) is 4.61. The maximum Gasteiger partial charge on any atom is 0.407 e. The van der Waals surface area contributed by atoms with E-state index in [0.717, 1.165) is 19.6 Å². The minimum atomic E-state index is -0.287. The number of hydrogen-bond donors (Lipinski definition) is 2. The van der Waals surface area contributed by atoms with E-state index in [2.05, 4.69) is 22.6 Å². The Morgan fingerprint density at radius 2 is 2.31 bits per heavy atom. The summed E-state index contributed by atoms with van der Waals surface area (Å²) in [7, 11) is 2.07. The smallest absolute Gasteiger partial charge is 0.407 e. The van der Waals surface area contributed by atoms with Crippen LogP contribution in [0.15, 0.2) is 0 Å². The number of carbonyl (C=O) groups excluding carboxylic acids is 1. The molecule has 2 fully saturated rings. The van der Waals surface area contributed by atoms with Crippen LogP contribution < -0.4 is 10.6 Å². The van der Waals surface area contributed by atoms with Crippen molar-refractivity contribution in [2.75, 3.05) is 33.2 Å². The summed E-state index contributed by atoms with van der Waals surface area (Å²) in [5.41, 5.74) is 0. The number of likely N-dealkylation sites (N-methyl/N-ethyl adjacent to an activating group) is 1. The van der Waals surface area contributed by atoms with Gasteiger partial charge >= 0.3 is 6.09 Å². The van der Waals surface area contributed by atoms with Crippen molar-refractivity contribution in [1.29, 1.82) is 0 Å². The third-order valence-electron chi connectivity index (χ3n) is 2.62. The summed E-state index contributed by atoms with van der Waals surface area (Å²) in [4.78, 5) is 13.0. The van der Waals surface area contributed by atoms with Crippen molar-refractivity contribution < 1.29 is 9.53 Å². The molecule has 2 rings (SSSR count). The normalized spacial score (nSPS) is 28.5. The Morgan fingerprint density at radius 1 is 1.54 bits per heavy atom. The Hall–Kier alpha value is -0.810. The van der Waals surface area contributed by atoms with Crippen molar-refractivity contribution in [2.24, 2.45) is 0 Å². The van der Waals surface area contributed by atoms with Crippen molar-refractivity contribution in [3.05, 3.63) is 0 Å². The van der Waals surface area contributed by atoms with Gasteiger partial charge in [0.15, 0.2) is 0 Å². The molecule has 74 valence electrons. The molecule has 0 saturated carbocycles. The molecule has 0 spiro atoms. The number of alkyl carbamates (subject to hydrolysis) is 1. The van der Waals surface area contributed by atoms with Gasteiger partial charge in [-0.1, -0.05) is 0 Å². The van der Waals surface area contributed by atoms with E-state index in [4.69, 9.17) is 4.74 Å². The number of rotatable bonds is 3. The fourth-order valence-corrected chi connectivity index (χ4v) is 1.59. The highest BCUT2D eigenvalue weighted by Crippen LogP contribution is 2.07. The summed E-state index contributed by atoms with van der Waals surface area (Å²) in [6.45, 7) is 3.56. The van der Waals surface area contributed by atoms with E-state index in [1.54, 1.807) is 0 Å². The zero-order chi connectivity index (χ0) is 9.26. The molecule has 1 unspecified atom stereocenters. The molecule has 0 aromatic heterocycles. The van der Waals surface area contributed by atoms with Gasteiger partial charge in [-0.3, -0.25) is 4.90 Å². The number of amides is 1. The molecule has 2 heterocycles. The molecule has 5 nitrogen and oxygen atoms in total. The van der Waals surface area contributed by atoms with Crippen LogP contribution in [0, 0.1) is 0 Å². The number of carbonyl (C=O) groups is 1. The van der Waals surface area contributed by atoms with Crippen LogP contribution in [0.1, 0.15) is 0 Å². The fourth-order valence-electron chi connectivity index (χ4n) is 1.59. The lowest BCUT2D eigenvalue weighted by atomic mass is 10.1. The summed E-state index contributed by atoms with van der Waals surface area (Å²) in [6.07, 6.45) is -0.261. The monoisotopic (exact) mass is 185 g/mol. The predicted octanol–water partition coefficient (Wildman–Crippen LogP) is -1.00. The molecule has 1 amide bonds. The van der Waals surface area contributed by atoms with E-state index >= 15 is 0 Å². The molecule has 1 atom stereocenters. The van der Waals surface area contributed by atoms with E-state index in [1.807, 2.05) is 0 Å². The zero-order valence-corrected chi connectivity index (χ0v) is 7.75. The quantitative estimate of drug-likeness (QED) is 0.592. The van der Waals surface area contributed by atoms with Gasteiger partial charge in [0.05, 0.1) is 6.54 Å². The van der Waals surface area contributed by atoms with E-state index in [0.29, 0.717) is 12.6 Å². The summed E-state index contributed by atoms with van der Waals surface area (Å²) >= 11 is 0. The highest BCUT2D eigenvalue weighted by molar-refractivity contribution is 5.69. The first kappa shape index (κ1) is 8.77. The van der Waals surface area contributed by atoms with Gasteiger partial charge in [0.25, 0.3) is 0 Å². The molecular formula is C8H15N3O2. The van der Waals surface area contributed by atoms with Crippen LogP contribution >= 0.6 is 0 Å². The van der Waals surface area contributed by atoms with Gasteiger partial charge in [0, 0.05) is 25.7 Å². The topological polar surface area (TPSA) is 53.6 Å². The number of nitrogens with zero attached hydrogens (tertiary/aromatic N) is 1. The molecule has 0 aromatic rings. The SMILES string of the molecule is CN(CC1CNC(=O)O1)C1CNC1. The van der Waals surface area contributed by atoms with Gasteiger partial charge in [0.2, 0.25) is 0 Å². The van der Waals surface area contributed by atoms with Crippen LogP contribution in [-0.4, -0.2) is 56.4 Å². The lowest BCUT2D eigenvalue weighted by Crippen LogP contribution is -2.57. The maximum absolute atomic E-state index is 10.7. The molecule has 2 saturated heterocycles. The van der Waals surface area contributed by atoms with Crippen molar-refractivity contribution in [3.8, 4) is 0 Å². The number of ether oxygens (including phenoxy) is 1. The predicted molar refractivity (Wildman–Crippen MR) is 47.6 cm³/mol. The summed E-state index contributed by atoms with van der Waals surface area (Å²) in [5, 5.41) is 5.86. The van der Waals surface area contributed by atoms with Gasteiger partial charge in [-0.2, -0.15) is 0 Å². The van der Waals surface area contributed by atoms with E-state index < -0.39 is 0 Å². The molecule has 0 radical (unpaired) electrons. The van der Waals surface area contributed by atoms with E-state index in [9.17, 15) is 4.79 Å². The highest BCUT2D eigenvalue weighted by atomic mass is 16.6. The average Bonchev–Trinajstić information content (AvgIpc) is 2.31. The molecule has 13 heavy (non-hydrogen) atoms. The van der Waals surface area contributed by atoms with Crippen LogP contribution in [0.4, 0.5) is 4.79 Å². The number of nitrogens with one attached hydrogen (secondary N) is 2. The summed E-state index contributed by atoms with van der Waals surface area (Å²) in [5.74, 6) is 0. The third-order valence-corrected chi connectivity index (χ3v) is 2.62. The van der Waals surface area contributed by atoms with Gasteiger partial charge in [0.1, 0.15) is 6.10 Å². The molecule has 2 N–H and O–H groups in total. The molecule has 5 heteroatoms. The van der Waals surface area contributed by atoms with Gasteiger partial charge in [-0.15, -0.1) is 0 Å². The second kappa shape index (κ2) is 3.51. The Labute approximate surface area is 77.4 Å². The first-order chi connectivity index (χ1) is 6.25. The lowest BCUT2D eigenvalue weighted by Gasteiger charge is -2.36. The second-order valence-electron chi connectivity index (χ2n) is 3.66. The third kappa shape index (κ3) is 1.92. The van der Waals surface area contributed by atoms with E-state index in [-0.39, 0.29) is 12.2 Å². The average molecular weight is 185 g/mol. The van der Waals surface area contributed by atoms with Crippen molar-refractivity contribution in [1.82, 2.24) is 15.5 Å². The first-order valence-corrected chi connectivity index (χ1v) is 4.61. The minimum absolute atomic E-state index is 0.0260. The number of cyclic esters (lactones) is 1. The largest absolute Gasteiger partial charge is 0.443 e. The van der Waals surface area contributed by atoms with Crippen molar-refractivity contribution in [2.45, 2.75) is 12.1 Å². The molecule has 2 aliphatic heterocycles. The van der Waals surface area contributed by atoms with Gasteiger partial charge in [-0.05, 0) is 7.05 Å². The summed E-state index contributed by atoms with van der Waals surface area (Å²) in [6, 6.07) is 0.610. The minimum Gasteiger partial charge on any atom is -0.443 e. The van der Waals surface area contributed by atoms with Crippen LogP contribution in [0.3, 0.4) is 0 Å². The molecular weight excluding hydrogens is 170 g/mol. The van der Waals surface area contributed by atoms with E-state index in [1.165, 1.54) is 0 Å². The number of hydrogen-bond acceptors (Lipinski definition) is 4. The summed E-state index contributed by atoms with van der Waals surface area (Å²) < 4.78 is 5.04. The van der Waals surface area contributed by atoms with Gasteiger partial charge in [-0.25, -0.2) is 4.79 Å². The fraction of sp³-hybridized carbons (Fsp3) is 0.875. The van der Waals surface area contributed by atoms with Crippen molar-refractivity contribution >= 4 is 6.09 Å². The van der Waals surface area contributed by atoms with Crippen LogP contribution in [0.2, 0.25) is 0 Å².